The summed E-state index contributed by atoms with van der Waals surface area (Å²) in [5, 5.41) is 23.6. The van der Waals surface area contributed by atoms with E-state index in [2.05, 4.69) is 5.32 Å². The fourth-order valence-corrected chi connectivity index (χ4v) is 5.81. The molecule has 5 atom stereocenters. The van der Waals surface area contributed by atoms with E-state index in [0.29, 0.717) is 47.6 Å². The molecule has 2 amide bonds. The molecule has 0 spiro atoms. The predicted molar refractivity (Wildman–Crippen MR) is 132 cm³/mol. The van der Waals surface area contributed by atoms with Crippen LogP contribution in [0, 0.1) is 5.92 Å². The molecule has 5 rings (SSSR count). The Balaban J connectivity index is 1.57. The molecule has 2 fully saturated rings. The first-order valence-electron chi connectivity index (χ1n) is 13.0. The third-order valence-electron chi connectivity index (χ3n) is 7.93. The Labute approximate surface area is 215 Å². The van der Waals surface area contributed by atoms with E-state index in [9.17, 15) is 24.6 Å². The van der Waals surface area contributed by atoms with Gasteiger partial charge in [0.2, 0.25) is 11.8 Å². The van der Waals surface area contributed by atoms with Crippen molar-refractivity contribution in [2.24, 2.45) is 5.92 Å². The van der Waals surface area contributed by atoms with Crippen molar-refractivity contribution in [2.75, 3.05) is 33.4 Å². The number of amides is 2. The minimum atomic E-state index is -1.14. The van der Waals surface area contributed by atoms with Gasteiger partial charge in [0.25, 0.3) is 0 Å². The topological polar surface area (TPSA) is 135 Å². The molecular weight excluding hydrogens is 480 g/mol. The molecule has 0 aromatic heterocycles. The van der Waals surface area contributed by atoms with Crippen LogP contribution in [0.4, 0.5) is 0 Å². The zero-order valence-corrected chi connectivity index (χ0v) is 20.9. The molecule has 2 heterocycles. The monoisotopic (exact) mass is 514 g/mol. The lowest BCUT2D eigenvalue weighted by Gasteiger charge is -2.43. The molecule has 10 heteroatoms. The maximum Gasteiger partial charge on any atom is 0.247 e. The Kier molecular flexibility index (Phi) is 7.50. The molecule has 2 aliphatic heterocycles. The van der Waals surface area contributed by atoms with Crippen molar-refractivity contribution < 1.29 is 38.8 Å². The number of benzene rings is 1. The van der Waals surface area contributed by atoms with Gasteiger partial charge in [0.05, 0.1) is 31.8 Å². The average Bonchev–Trinajstić information content (AvgIpc) is 3.53. The number of rotatable bonds is 9. The molecule has 0 radical (unpaired) electrons. The van der Waals surface area contributed by atoms with E-state index in [-0.39, 0.29) is 31.1 Å². The molecule has 3 N–H and O–H groups in total. The molecule has 1 aromatic rings. The van der Waals surface area contributed by atoms with Gasteiger partial charge >= 0.3 is 0 Å². The van der Waals surface area contributed by atoms with E-state index in [1.165, 1.54) is 7.11 Å². The van der Waals surface area contributed by atoms with Gasteiger partial charge in [-0.15, -0.1) is 0 Å². The minimum absolute atomic E-state index is 0.0484. The maximum absolute atomic E-state index is 13.6. The smallest absolute Gasteiger partial charge is 0.247 e. The molecule has 0 bridgehead atoms. The number of fused-ring (bicyclic) bond motifs is 3. The van der Waals surface area contributed by atoms with Crippen LogP contribution in [0.25, 0.3) is 0 Å². The number of carbonyl (C=O) groups excluding carboxylic acids is 3. The number of aliphatic hydroxyl groups is 2. The van der Waals surface area contributed by atoms with Gasteiger partial charge in [0, 0.05) is 42.3 Å². The first-order valence-corrected chi connectivity index (χ1v) is 13.0. The number of aliphatic hydroxyl groups excluding tert-OH is 2. The van der Waals surface area contributed by atoms with E-state index in [4.69, 9.17) is 14.2 Å². The number of carbonyl (C=O) groups is 3. The van der Waals surface area contributed by atoms with Gasteiger partial charge in [-0.1, -0.05) is 6.42 Å². The van der Waals surface area contributed by atoms with Gasteiger partial charge in [0.1, 0.15) is 18.5 Å². The summed E-state index contributed by atoms with van der Waals surface area (Å²) in [6.45, 7) is 0.769. The van der Waals surface area contributed by atoms with Crippen molar-refractivity contribution in [3.05, 3.63) is 34.9 Å². The van der Waals surface area contributed by atoms with Crippen LogP contribution in [0.3, 0.4) is 0 Å². The van der Waals surface area contributed by atoms with E-state index in [1.807, 2.05) is 0 Å². The Bertz CT molecular complexity index is 1080. The lowest BCUT2D eigenvalue weighted by Crippen LogP contribution is -2.58. The van der Waals surface area contributed by atoms with Crippen LogP contribution in [0.1, 0.15) is 53.9 Å². The largest absolute Gasteiger partial charge is 0.493 e. The summed E-state index contributed by atoms with van der Waals surface area (Å²) in [4.78, 5) is 40.2. The van der Waals surface area contributed by atoms with Gasteiger partial charge in [-0.2, -0.15) is 0 Å². The standard InChI is InChI=1S/C27H34N2O8/c1-35-21-11-15(14-31)10-18-22-19(26(33)28-7-8-30)12-20(23(32)25(22)37-24(18)21)29(13-17-6-3-9-36-17)27(34)16-4-2-5-16/h10-12,14,16-17,20,22-23,25,30,32H,2-9,13H2,1H3,(H,28,33)/t17-,20-,22+,23+,25+/m1/s1. The quantitative estimate of drug-likeness (QED) is 0.415. The highest BCUT2D eigenvalue weighted by Crippen LogP contribution is 2.51. The second kappa shape index (κ2) is 10.8. The summed E-state index contributed by atoms with van der Waals surface area (Å²) in [6, 6.07) is 2.38. The summed E-state index contributed by atoms with van der Waals surface area (Å²) in [5.41, 5.74) is 1.23. The van der Waals surface area contributed by atoms with Crippen molar-refractivity contribution in [1.82, 2.24) is 10.2 Å². The molecule has 200 valence electrons. The molecule has 1 aromatic carbocycles. The summed E-state index contributed by atoms with van der Waals surface area (Å²) in [5.74, 6) is -0.581. The molecular formula is C27H34N2O8. The van der Waals surface area contributed by atoms with E-state index >= 15 is 0 Å². The van der Waals surface area contributed by atoms with Crippen molar-refractivity contribution in [3.63, 3.8) is 0 Å². The van der Waals surface area contributed by atoms with Crippen molar-refractivity contribution in [3.8, 4) is 11.5 Å². The second-order valence-corrected chi connectivity index (χ2v) is 10.2. The normalized spacial score (nSPS) is 28.3. The number of hydrogen-bond donors (Lipinski definition) is 3. The number of methoxy groups -OCH3 is 1. The number of hydrogen-bond acceptors (Lipinski definition) is 8. The van der Waals surface area contributed by atoms with Crippen molar-refractivity contribution in [2.45, 2.75) is 62.4 Å². The van der Waals surface area contributed by atoms with E-state index < -0.39 is 30.1 Å². The number of ether oxygens (including phenoxy) is 3. The van der Waals surface area contributed by atoms with Crippen molar-refractivity contribution >= 4 is 18.1 Å². The molecule has 10 nitrogen and oxygen atoms in total. The van der Waals surface area contributed by atoms with Gasteiger partial charge in [0.15, 0.2) is 11.5 Å². The summed E-state index contributed by atoms with van der Waals surface area (Å²) in [6.07, 6.45) is 4.53. The van der Waals surface area contributed by atoms with Crippen LogP contribution in [0.15, 0.2) is 23.8 Å². The van der Waals surface area contributed by atoms with E-state index in [1.54, 1.807) is 23.1 Å². The highest BCUT2D eigenvalue weighted by atomic mass is 16.5. The van der Waals surface area contributed by atoms with E-state index in [0.717, 1.165) is 32.1 Å². The molecule has 4 aliphatic rings. The maximum atomic E-state index is 13.6. The molecule has 2 aliphatic carbocycles. The van der Waals surface area contributed by atoms with Crippen LogP contribution < -0.4 is 14.8 Å². The average molecular weight is 515 g/mol. The molecule has 37 heavy (non-hydrogen) atoms. The number of nitrogens with zero attached hydrogens (tertiary/aromatic N) is 1. The zero-order valence-electron chi connectivity index (χ0n) is 20.9. The van der Waals surface area contributed by atoms with Crippen LogP contribution in [0.2, 0.25) is 0 Å². The minimum Gasteiger partial charge on any atom is -0.493 e. The van der Waals surface area contributed by atoms with Crippen LogP contribution in [0.5, 0.6) is 11.5 Å². The van der Waals surface area contributed by atoms with Crippen LogP contribution in [-0.4, -0.2) is 91.0 Å². The van der Waals surface area contributed by atoms with Crippen LogP contribution in [-0.2, 0) is 14.3 Å². The van der Waals surface area contributed by atoms with Gasteiger partial charge < -0.3 is 34.6 Å². The SMILES string of the molecule is COc1cc(C=O)cc2c1O[C@@H]1[C@@H](O)[C@H](N(C[C@H]3CCCO3)C(=O)C3CCC3)C=C(C(=O)NCCO)[C@H]21. The first kappa shape index (κ1) is 25.7. The molecule has 1 saturated carbocycles. The Morgan fingerprint density at radius 1 is 1.24 bits per heavy atom. The third-order valence-corrected chi connectivity index (χ3v) is 7.93. The predicted octanol–water partition coefficient (Wildman–Crippen LogP) is 0.938. The summed E-state index contributed by atoms with van der Waals surface area (Å²) < 4.78 is 17.5. The molecule has 0 unspecified atom stereocenters. The molecule has 1 saturated heterocycles. The van der Waals surface area contributed by atoms with Gasteiger partial charge in [-0.3, -0.25) is 14.4 Å². The van der Waals surface area contributed by atoms with Crippen molar-refractivity contribution in [1.29, 1.82) is 0 Å². The number of nitrogens with one attached hydrogen (secondary N) is 1. The lowest BCUT2D eigenvalue weighted by atomic mass is 9.76. The lowest BCUT2D eigenvalue weighted by molar-refractivity contribution is -0.146. The number of aldehydes is 1. The van der Waals surface area contributed by atoms with Gasteiger partial charge in [-0.05, 0) is 43.9 Å². The Hall–Kier alpha value is -2.95. The van der Waals surface area contributed by atoms with Gasteiger partial charge in [-0.25, -0.2) is 0 Å². The fourth-order valence-electron chi connectivity index (χ4n) is 5.81. The second-order valence-electron chi connectivity index (χ2n) is 10.2. The summed E-state index contributed by atoms with van der Waals surface area (Å²) >= 11 is 0. The highest BCUT2D eigenvalue weighted by Gasteiger charge is 2.52. The third kappa shape index (κ3) is 4.73. The first-order chi connectivity index (χ1) is 18.0. The highest BCUT2D eigenvalue weighted by molar-refractivity contribution is 5.96. The fraction of sp³-hybridized carbons (Fsp3) is 0.593. The van der Waals surface area contributed by atoms with Crippen LogP contribution >= 0.6 is 0 Å². The zero-order chi connectivity index (χ0) is 26.1. The summed E-state index contributed by atoms with van der Waals surface area (Å²) in [7, 11) is 1.46. The Morgan fingerprint density at radius 2 is 2.05 bits per heavy atom. The Morgan fingerprint density at radius 3 is 2.68 bits per heavy atom.